The van der Waals surface area contributed by atoms with Crippen LogP contribution in [0.25, 0.3) is 0 Å². The van der Waals surface area contributed by atoms with Crippen molar-refractivity contribution in [1.29, 1.82) is 0 Å². The highest BCUT2D eigenvalue weighted by atomic mass is 16.5. The van der Waals surface area contributed by atoms with Crippen molar-refractivity contribution in [3.05, 3.63) is 29.8 Å². The van der Waals surface area contributed by atoms with Crippen LogP contribution < -0.4 is 10.5 Å². The molecule has 98 valence electrons. The summed E-state index contributed by atoms with van der Waals surface area (Å²) in [6.45, 7) is 0.507. The van der Waals surface area contributed by atoms with Crippen molar-refractivity contribution < 1.29 is 9.53 Å². The molecular weight excluding hydrogens is 228 g/mol. The lowest BCUT2D eigenvalue weighted by Gasteiger charge is -2.34. The molecule has 0 radical (unpaired) electrons. The van der Waals surface area contributed by atoms with E-state index in [4.69, 9.17) is 10.5 Å². The van der Waals surface area contributed by atoms with Crippen LogP contribution in [0.2, 0.25) is 0 Å². The van der Waals surface area contributed by atoms with Gasteiger partial charge in [-0.25, -0.2) is 0 Å². The van der Waals surface area contributed by atoms with Gasteiger partial charge in [-0.1, -0.05) is 18.2 Å². The molecule has 18 heavy (non-hydrogen) atoms. The van der Waals surface area contributed by atoms with E-state index in [0.29, 0.717) is 18.3 Å². The molecule has 0 bridgehead atoms. The van der Waals surface area contributed by atoms with Gasteiger partial charge in [-0.2, -0.15) is 0 Å². The third-order valence-corrected chi connectivity index (χ3v) is 3.56. The van der Waals surface area contributed by atoms with Crippen LogP contribution in [0.3, 0.4) is 0 Å². The molecule has 0 saturated heterocycles. The minimum absolute atomic E-state index is 0.0338. The second kappa shape index (κ2) is 5.87. The molecule has 0 spiro atoms. The van der Waals surface area contributed by atoms with Crippen LogP contribution >= 0.6 is 0 Å². The lowest BCUT2D eigenvalue weighted by Crippen LogP contribution is -2.43. The molecule has 0 heterocycles. The number of amides is 1. The van der Waals surface area contributed by atoms with Crippen molar-refractivity contribution in [3.63, 3.8) is 0 Å². The molecule has 1 aromatic rings. The van der Waals surface area contributed by atoms with Crippen molar-refractivity contribution >= 4 is 5.91 Å². The number of nitrogens with two attached hydrogens (primary N) is 1. The first kappa shape index (κ1) is 12.9. The van der Waals surface area contributed by atoms with E-state index in [0.717, 1.165) is 18.4 Å². The van der Waals surface area contributed by atoms with Crippen molar-refractivity contribution in [2.45, 2.75) is 31.8 Å². The molecular formula is C14H20N2O2. The summed E-state index contributed by atoms with van der Waals surface area (Å²) < 4.78 is 5.56. The molecule has 0 unspecified atom stereocenters. The van der Waals surface area contributed by atoms with Crippen LogP contribution in [-0.2, 0) is 11.3 Å². The first-order valence-electron chi connectivity index (χ1n) is 6.39. The Hall–Kier alpha value is -1.55. The summed E-state index contributed by atoms with van der Waals surface area (Å²) in [5.74, 6) is 0.738. The molecule has 0 atom stereocenters. The van der Waals surface area contributed by atoms with E-state index in [1.165, 1.54) is 6.42 Å². The van der Waals surface area contributed by atoms with Gasteiger partial charge in [0.25, 0.3) is 5.91 Å². The average Bonchev–Trinajstić information content (AvgIpc) is 2.34. The number of carbonyl (C=O) groups is 1. The quantitative estimate of drug-likeness (QED) is 0.860. The fourth-order valence-corrected chi connectivity index (χ4v) is 2.03. The highest BCUT2D eigenvalue weighted by Crippen LogP contribution is 2.24. The van der Waals surface area contributed by atoms with Gasteiger partial charge in [-0.15, -0.1) is 0 Å². The molecule has 1 fully saturated rings. The molecule has 1 amide bonds. The first-order chi connectivity index (χ1) is 8.72. The largest absolute Gasteiger partial charge is 0.483 e. The van der Waals surface area contributed by atoms with E-state index < -0.39 is 0 Å². The third-order valence-electron chi connectivity index (χ3n) is 3.56. The van der Waals surface area contributed by atoms with Crippen LogP contribution in [-0.4, -0.2) is 30.5 Å². The highest BCUT2D eigenvalue weighted by Gasteiger charge is 2.25. The summed E-state index contributed by atoms with van der Waals surface area (Å²) in [4.78, 5) is 13.7. The van der Waals surface area contributed by atoms with Crippen LogP contribution in [0.1, 0.15) is 24.8 Å². The number of hydrogen-bond acceptors (Lipinski definition) is 3. The number of para-hydroxylation sites is 1. The molecule has 1 aliphatic rings. The van der Waals surface area contributed by atoms with E-state index in [-0.39, 0.29) is 12.5 Å². The average molecular weight is 248 g/mol. The van der Waals surface area contributed by atoms with Crippen LogP contribution in [0.4, 0.5) is 0 Å². The van der Waals surface area contributed by atoms with Crippen LogP contribution in [0.5, 0.6) is 5.75 Å². The van der Waals surface area contributed by atoms with Crippen molar-refractivity contribution in [1.82, 2.24) is 4.90 Å². The molecule has 4 heteroatoms. The summed E-state index contributed by atoms with van der Waals surface area (Å²) >= 11 is 0. The summed E-state index contributed by atoms with van der Waals surface area (Å²) in [6, 6.07) is 7.96. The Kier molecular flexibility index (Phi) is 4.20. The number of benzene rings is 1. The van der Waals surface area contributed by atoms with Crippen molar-refractivity contribution in [2.24, 2.45) is 5.73 Å². The zero-order valence-corrected chi connectivity index (χ0v) is 10.8. The molecule has 0 aliphatic heterocycles. The Labute approximate surface area is 108 Å². The Morgan fingerprint density at radius 1 is 1.44 bits per heavy atom. The summed E-state index contributed by atoms with van der Waals surface area (Å²) in [5, 5.41) is 0. The van der Waals surface area contributed by atoms with Gasteiger partial charge >= 0.3 is 0 Å². The molecule has 0 aromatic heterocycles. The molecule has 1 saturated carbocycles. The van der Waals surface area contributed by atoms with E-state index in [1.54, 1.807) is 4.90 Å². The molecule has 2 rings (SSSR count). The third kappa shape index (κ3) is 2.82. The maximum Gasteiger partial charge on any atom is 0.260 e. The smallest absolute Gasteiger partial charge is 0.260 e. The number of hydrogen-bond donors (Lipinski definition) is 1. The summed E-state index contributed by atoms with van der Waals surface area (Å²) in [7, 11) is 1.85. The maximum absolute atomic E-state index is 11.9. The second-order valence-electron chi connectivity index (χ2n) is 4.69. The monoisotopic (exact) mass is 248 g/mol. The number of likely N-dealkylation sites (N-methyl/N-ethyl adjacent to an activating group) is 1. The van der Waals surface area contributed by atoms with Crippen molar-refractivity contribution in [2.75, 3.05) is 13.7 Å². The van der Waals surface area contributed by atoms with Gasteiger partial charge in [0.2, 0.25) is 0 Å². The van der Waals surface area contributed by atoms with Gasteiger partial charge in [-0.05, 0) is 25.3 Å². The summed E-state index contributed by atoms with van der Waals surface area (Å²) in [5.41, 5.74) is 6.55. The van der Waals surface area contributed by atoms with Gasteiger partial charge in [0.15, 0.2) is 6.61 Å². The Morgan fingerprint density at radius 2 is 2.17 bits per heavy atom. The topological polar surface area (TPSA) is 55.6 Å². The summed E-state index contributed by atoms with van der Waals surface area (Å²) in [6.07, 6.45) is 3.45. The van der Waals surface area contributed by atoms with Gasteiger partial charge in [0, 0.05) is 25.2 Å². The predicted octanol–water partition coefficient (Wildman–Crippen LogP) is 1.53. The minimum Gasteiger partial charge on any atom is -0.483 e. The molecule has 1 aromatic carbocycles. The predicted molar refractivity (Wildman–Crippen MR) is 70.2 cm³/mol. The fraction of sp³-hybridized carbons (Fsp3) is 0.500. The first-order valence-corrected chi connectivity index (χ1v) is 6.39. The zero-order valence-electron chi connectivity index (χ0n) is 10.8. The number of nitrogens with zero attached hydrogens (tertiary/aromatic N) is 1. The Morgan fingerprint density at radius 3 is 2.78 bits per heavy atom. The molecule has 2 N–H and O–H groups in total. The lowest BCUT2D eigenvalue weighted by molar-refractivity contribution is -0.135. The normalized spacial score (nSPS) is 15.0. The Balaban J connectivity index is 1.88. The van der Waals surface area contributed by atoms with E-state index in [2.05, 4.69) is 0 Å². The van der Waals surface area contributed by atoms with E-state index >= 15 is 0 Å². The Bertz CT molecular complexity index is 416. The number of carbonyl (C=O) groups excluding carboxylic acids is 1. The minimum atomic E-state index is 0.0338. The molecule has 1 aliphatic carbocycles. The van der Waals surface area contributed by atoms with E-state index in [9.17, 15) is 4.79 Å². The van der Waals surface area contributed by atoms with Crippen molar-refractivity contribution in [3.8, 4) is 5.75 Å². The van der Waals surface area contributed by atoms with E-state index in [1.807, 2.05) is 31.3 Å². The highest BCUT2D eigenvalue weighted by molar-refractivity contribution is 5.78. The number of rotatable bonds is 5. The SMILES string of the molecule is CN(C(=O)COc1ccccc1CN)C1CCC1. The maximum atomic E-state index is 11.9. The lowest BCUT2D eigenvalue weighted by atomic mass is 9.92. The van der Waals surface area contributed by atoms with Gasteiger partial charge in [0.05, 0.1) is 0 Å². The van der Waals surface area contributed by atoms with Crippen LogP contribution in [0.15, 0.2) is 24.3 Å². The second-order valence-corrected chi connectivity index (χ2v) is 4.69. The standard InChI is InChI=1S/C14H20N2O2/c1-16(12-6-4-7-12)14(17)10-18-13-8-3-2-5-11(13)9-15/h2-3,5,8,12H,4,6-7,9-10,15H2,1H3. The van der Waals surface area contributed by atoms with Gasteiger partial charge in [-0.3, -0.25) is 4.79 Å². The zero-order chi connectivity index (χ0) is 13.0. The van der Waals surface area contributed by atoms with Gasteiger partial charge < -0.3 is 15.4 Å². The fourth-order valence-electron chi connectivity index (χ4n) is 2.03. The van der Waals surface area contributed by atoms with Gasteiger partial charge in [0.1, 0.15) is 5.75 Å². The molecule has 4 nitrogen and oxygen atoms in total. The number of ether oxygens (including phenoxy) is 1. The van der Waals surface area contributed by atoms with Crippen LogP contribution in [0, 0.1) is 0 Å².